The van der Waals surface area contributed by atoms with E-state index in [0.29, 0.717) is 0 Å². The molecule has 0 heterocycles. The van der Waals surface area contributed by atoms with E-state index in [-0.39, 0.29) is 22.6 Å². The molecular formula is C3HF4IO2. The van der Waals surface area contributed by atoms with Crippen molar-refractivity contribution in [1.82, 2.24) is 0 Å². The maximum atomic E-state index is 11.7. The zero-order chi connectivity index (χ0) is 8.58. The van der Waals surface area contributed by atoms with Crippen LogP contribution < -0.4 is 0 Å². The summed E-state index contributed by atoms with van der Waals surface area (Å²) >= 11 is 0.0704. The molecule has 0 atom stereocenters. The molecule has 0 aromatic rings. The van der Waals surface area contributed by atoms with Crippen molar-refractivity contribution in [3.8, 4) is 0 Å². The van der Waals surface area contributed by atoms with Gasteiger partial charge >= 0.3 is 15.8 Å². The first kappa shape index (κ1) is 9.92. The Bertz CT molecular complexity index is 151. The first-order valence-corrected chi connectivity index (χ1v) is 2.95. The van der Waals surface area contributed by atoms with Crippen LogP contribution in [0.3, 0.4) is 0 Å². The number of halogens is 5. The molecule has 2 nitrogen and oxygen atoms in total. The van der Waals surface area contributed by atoms with E-state index >= 15 is 0 Å². The second-order valence-electron chi connectivity index (χ2n) is 1.38. The predicted octanol–water partition coefficient (Wildman–Crippen LogP) is 1.73. The van der Waals surface area contributed by atoms with Gasteiger partial charge in [-0.2, -0.15) is 17.6 Å². The average Bonchev–Trinajstić information content (AvgIpc) is 1.62. The highest BCUT2D eigenvalue weighted by Crippen LogP contribution is 2.39. The lowest BCUT2D eigenvalue weighted by Gasteiger charge is -2.15. The second kappa shape index (κ2) is 2.51. The number of hydrogen-bond acceptors (Lipinski definition) is 1. The van der Waals surface area contributed by atoms with E-state index in [4.69, 9.17) is 5.11 Å². The fraction of sp³-hybridized carbons (Fsp3) is 0.667. The summed E-state index contributed by atoms with van der Waals surface area (Å²) in [5.41, 5.74) is 0. The maximum Gasteiger partial charge on any atom is 0.413 e. The van der Waals surface area contributed by atoms with Gasteiger partial charge in [-0.15, -0.1) is 0 Å². The van der Waals surface area contributed by atoms with E-state index in [1.54, 1.807) is 0 Å². The summed E-state index contributed by atoms with van der Waals surface area (Å²) in [5.74, 6) is -7.82. The molecule has 0 aliphatic heterocycles. The Morgan fingerprint density at radius 1 is 1.30 bits per heavy atom. The van der Waals surface area contributed by atoms with Crippen molar-refractivity contribution in [2.75, 3.05) is 0 Å². The molecule has 0 unspecified atom stereocenters. The van der Waals surface area contributed by atoms with Crippen molar-refractivity contribution in [3.63, 3.8) is 0 Å². The molecule has 0 rings (SSSR count). The van der Waals surface area contributed by atoms with Crippen molar-refractivity contribution in [3.05, 3.63) is 0 Å². The summed E-state index contributed by atoms with van der Waals surface area (Å²) < 4.78 is 42.1. The van der Waals surface area contributed by atoms with E-state index in [1.807, 2.05) is 0 Å². The Morgan fingerprint density at radius 2 is 1.60 bits per heavy atom. The van der Waals surface area contributed by atoms with Gasteiger partial charge in [0.25, 0.3) is 0 Å². The average molecular weight is 272 g/mol. The van der Waals surface area contributed by atoms with E-state index in [1.165, 1.54) is 0 Å². The Morgan fingerprint density at radius 3 is 1.60 bits per heavy atom. The van der Waals surface area contributed by atoms with Crippen LogP contribution >= 0.6 is 22.6 Å². The van der Waals surface area contributed by atoms with E-state index in [0.717, 1.165) is 0 Å². The highest BCUT2D eigenvalue weighted by atomic mass is 127. The fourth-order valence-electron chi connectivity index (χ4n) is 0.121. The zero-order valence-electron chi connectivity index (χ0n) is 4.25. The van der Waals surface area contributed by atoms with Crippen molar-refractivity contribution in [1.29, 1.82) is 0 Å². The van der Waals surface area contributed by atoms with Crippen LogP contribution in [0, 0.1) is 0 Å². The molecule has 1 N–H and O–H groups in total. The summed E-state index contributed by atoms with van der Waals surface area (Å²) in [6, 6.07) is 0. The summed E-state index contributed by atoms with van der Waals surface area (Å²) in [6.07, 6.45) is 0. The molecule has 0 aliphatic rings. The molecule has 0 saturated heterocycles. The van der Waals surface area contributed by atoms with Crippen LogP contribution in [-0.2, 0) is 4.79 Å². The molecule has 0 radical (unpaired) electrons. The van der Waals surface area contributed by atoms with E-state index in [9.17, 15) is 22.4 Å². The molecule has 0 saturated carbocycles. The number of carbonyl (C=O) groups is 1. The predicted molar refractivity (Wildman–Crippen MR) is 31.5 cm³/mol. The lowest BCUT2D eigenvalue weighted by Crippen LogP contribution is -2.42. The number of hydrogen-bond donors (Lipinski definition) is 1. The van der Waals surface area contributed by atoms with Crippen LogP contribution in [0.25, 0.3) is 0 Å². The standard InChI is InChI=1S/C3HF4IO2/c4-2(5,1(9)10)3(6,7)8/h(H,9,10). The molecule has 0 bridgehead atoms. The highest BCUT2D eigenvalue weighted by molar-refractivity contribution is 14.1. The molecule has 0 aromatic heterocycles. The van der Waals surface area contributed by atoms with Crippen molar-refractivity contribution in [2.45, 2.75) is 9.85 Å². The topological polar surface area (TPSA) is 37.3 Å². The molecular weight excluding hydrogens is 271 g/mol. The van der Waals surface area contributed by atoms with E-state index < -0.39 is 15.8 Å². The Hall–Kier alpha value is -0.0800. The smallest absolute Gasteiger partial charge is 0.413 e. The van der Waals surface area contributed by atoms with Crippen LogP contribution in [0.15, 0.2) is 0 Å². The zero-order valence-corrected chi connectivity index (χ0v) is 6.40. The molecule has 0 amide bonds. The van der Waals surface area contributed by atoms with Crippen LogP contribution in [0.5, 0.6) is 0 Å². The fourth-order valence-corrected chi connectivity index (χ4v) is 0.352. The van der Waals surface area contributed by atoms with Crippen LogP contribution in [0.4, 0.5) is 17.6 Å². The van der Waals surface area contributed by atoms with Gasteiger partial charge in [0.1, 0.15) is 0 Å². The number of carboxylic acid groups (broad SMARTS) is 1. The summed E-state index contributed by atoms with van der Waals surface area (Å²) in [4.78, 5) is 9.43. The summed E-state index contributed by atoms with van der Waals surface area (Å²) in [6.45, 7) is 0. The van der Waals surface area contributed by atoms with Gasteiger partial charge in [-0.3, -0.25) is 0 Å². The minimum atomic E-state index is -4.99. The normalized spacial score (nSPS) is 13.3. The molecule has 0 fully saturated rings. The maximum absolute atomic E-state index is 11.7. The molecule has 0 aliphatic carbocycles. The van der Waals surface area contributed by atoms with Gasteiger partial charge in [0.2, 0.25) is 0 Å². The lowest BCUT2D eigenvalue weighted by atomic mass is 10.4. The third-order valence-corrected chi connectivity index (χ3v) is 1.30. The number of rotatable bonds is 2. The Kier molecular flexibility index (Phi) is 2.49. The second-order valence-corrected chi connectivity index (χ2v) is 2.73. The van der Waals surface area contributed by atoms with Crippen molar-refractivity contribution in [2.24, 2.45) is 0 Å². The van der Waals surface area contributed by atoms with Crippen LogP contribution in [0.1, 0.15) is 0 Å². The molecule has 10 heavy (non-hydrogen) atoms. The van der Waals surface area contributed by atoms with Gasteiger partial charge in [-0.05, 0) is 0 Å². The summed E-state index contributed by atoms with van der Waals surface area (Å²) in [5, 5.41) is 7.54. The first-order chi connectivity index (χ1) is 4.19. The van der Waals surface area contributed by atoms with E-state index in [2.05, 4.69) is 0 Å². The van der Waals surface area contributed by atoms with Crippen LogP contribution in [-0.4, -0.2) is 20.9 Å². The SMILES string of the molecule is O=C(O)C(F)(F)C(F)(F)I. The van der Waals surface area contributed by atoms with Gasteiger partial charge in [0, 0.05) is 22.6 Å². The molecule has 0 spiro atoms. The van der Waals surface area contributed by atoms with Gasteiger partial charge in [0.15, 0.2) is 0 Å². The largest absolute Gasteiger partial charge is 0.477 e. The monoisotopic (exact) mass is 272 g/mol. The minimum absolute atomic E-state index is 0.0704. The van der Waals surface area contributed by atoms with Gasteiger partial charge in [-0.25, -0.2) is 4.79 Å². The van der Waals surface area contributed by atoms with Crippen LogP contribution in [0.2, 0.25) is 0 Å². The molecule has 0 aromatic carbocycles. The van der Waals surface area contributed by atoms with Crippen molar-refractivity contribution >= 4 is 28.6 Å². The number of alkyl halides is 5. The molecule has 60 valence electrons. The number of carboxylic acids is 1. The van der Waals surface area contributed by atoms with Crippen molar-refractivity contribution < 1.29 is 27.5 Å². The highest BCUT2D eigenvalue weighted by Gasteiger charge is 2.60. The van der Waals surface area contributed by atoms with Gasteiger partial charge < -0.3 is 5.11 Å². The Balaban J connectivity index is 4.57. The third-order valence-electron chi connectivity index (χ3n) is 0.625. The Labute approximate surface area is 66.3 Å². The quantitative estimate of drug-likeness (QED) is 0.472. The first-order valence-electron chi connectivity index (χ1n) is 1.87. The van der Waals surface area contributed by atoms with Gasteiger partial charge in [0.05, 0.1) is 0 Å². The third kappa shape index (κ3) is 1.70. The minimum Gasteiger partial charge on any atom is -0.477 e. The molecule has 7 heteroatoms. The lowest BCUT2D eigenvalue weighted by molar-refractivity contribution is -0.191. The van der Waals surface area contributed by atoms with Gasteiger partial charge in [-0.1, -0.05) is 0 Å². The number of aliphatic carboxylic acids is 1. The summed E-state index contributed by atoms with van der Waals surface area (Å²) in [7, 11) is 0.